The second kappa shape index (κ2) is 7.13. The van der Waals surface area contributed by atoms with E-state index in [9.17, 15) is 4.39 Å². The van der Waals surface area contributed by atoms with Crippen LogP contribution < -0.4 is 10.2 Å². The highest BCUT2D eigenvalue weighted by atomic mass is 19.1. The van der Waals surface area contributed by atoms with E-state index in [2.05, 4.69) is 29.1 Å². The largest absolute Gasteiger partial charge is 0.312 e. The summed E-state index contributed by atoms with van der Waals surface area (Å²) in [6.07, 6.45) is 3.54. The molecule has 4 nitrogen and oxygen atoms in total. The second-order valence-corrected chi connectivity index (χ2v) is 5.43. The average molecular weight is 288 g/mol. The van der Waals surface area contributed by atoms with Crippen LogP contribution in [0.5, 0.6) is 0 Å². The third-order valence-electron chi connectivity index (χ3n) is 3.09. The van der Waals surface area contributed by atoms with Crippen LogP contribution in [0, 0.1) is 11.7 Å². The van der Waals surface area contributed by atoms with Gasteiger partial charge in [-0.1, -0.05) is 26.0 Å². The van der Waals surface area contributed by atoms with Crippen LogP contribution in [0.2, 0.25) is 0 Å². The monoisotopic (exact) mass is 288 g/mol. The van der Waals surface area contributed by atoms with Gasteiger partial charge >= 0.3 is 0 Å². The van der Waals surface area contributed by atoms with Crippen LogP contribution in [0.4, 0.5) is 16.0 Å². The first-order chi connectivity index (χ1) is 10.1. The van der Waals surface area contributed by atoms with Crippen LogP contribution in [0.15, 0.2) is 36.7 Å². The van der Waals surface area contributed by atoms with Gasteiger partial charge < -0.3 is 10.2 Å². The highest BCUT2D eigenvalue weighted by Crippen LogP contribution is 2.22. The molecular formula is C16H21FN4. The van der Waals surface area contributed by atoms with Gasteiger partial charge in [0.15, 0.2) is 0 Å². The number of halogens is 1. The molecule has 0 spiro atoms. The molecule has 0 saturated heterocycles. The minimum atomic E-state index is -0.286. The van der Waals surface area contributed by atoms with Crippen molar-refractivity contribution in [2.45, 2.75) is 20.4 Å². The van der Waals surface area contributed by atoms with Crippen molar-refractivity contribution in [3.63, 3.8) is 0 Å². The first kappa shape index (κ1) is 15.4. The summed E-state index contributed by atoms with van der Waals surface area (Å²) in [7, 11) is 1.75. The second-order valence-electron chi connectivity index (χ2n) is 5.43. The van der Waals surface area contributed by atoms with E-state index >= 15 is 0 Å². The van der Waals surface area contributed by atoms with E-state index in [0.717, 1.165) is 18.7 Å². The van der Waals surface area contributed by atoms with E-state index in [0.29, 0.717) is 17.6 Å². The number of rotatable bonds is 6. The van der Waals surface area contributed by atoms with Gasteiger partial charge in [0.2, 0.25) is 5.95 Å². The van der Waals surface area contributed by atoms with Gasteiger partial charge in [0.25, 0.3) is 0 Å². The fourth-order valence-corrected chi connectivity index (χ4v) is 1.95. The van der Waals surface area contributed by atoms with Crippen molar-refractivity contribution < 1.29 is 4.39 Å². The fraction of sp³-hybridized carbons (Fsp3) is 0.375. The maximum absolute atomic E-state index is 13.7. The summed E-state index contributed by atoms with van der Waals surface area (Å²) in [6.45, 7) is 6.02. The van der Waals surface area contributed by atoms with Crippen molar-refractivity contribution in [2.75, 3.05) is 18.5 Å². The van der Waals surface area contributed by atoms with Crippen LogP contribution in [0.3, 0.4) is 0 Å². The topological polar surface area (TPSA) is 41.1 Å². The van der Waals surface area contributed by atoms with Crippen molar-refractivity contribution >= 4 is 11.6 Å². The standard InChI is InChI=1S/C16H21FN4/c1-12(2)8-18-9-13-10-19-16(20-11-13)21(3)15-7-5-4-6-14(15)17/h4-7,10-12,18H,8-9H2,1-3H3. The number of para-hydroxylation sites is 1. The van der Waals surface area contributed by atoms with Gasteiger partial charge in [-0.15, -0.1) is 0 Å². The number of nitrogens with one attached hydrogen (secondary N) is 1. The fourth-order valence-electron chi connectivity index (χ4n) is 1.95. The summed E-state index contributed by atoms with van der Waals surface area (Å²) in [5, 5.41) is 3.34. The lowest BCUT2D eigenvalue weighted by atomic mass is 10.2. The Morgan fingerprint density at radius 1 is 1.19 bits per heavy atom. The lowest BCUT2D eigenvalue weighted by Gasteiger charge is -2.17. The van der Waals surface area contributed by atoms with Gasteiger partial charge in [-0.2, -0.15) is 0 Å². The van der Waals surface area contributed by atoms with Gasteiger partial charge in [0, 0.05) is 31.5 Å². The molecular weight excluding hydrogens is 267 g/mol. The molecule has 0 unspecified atom stereocenters. The lowest BCUT2D eigenvalue weighted by molar-refractivity contribution is 0.551. The molecule has 1 heterocycles. The van der Waals surface area contributed by atoms with E-state index in [1.165, 1.54) is 6.07 Å². The van der Waals surface area contributed by atoms with E-state index in [-0.39, 0.29) is 5.82 Å². The van der Waals surface area contributed by atoms with Crippen molar-refractivity contribution in [1.82, 2.24) is 15.3 Å². The highest BCUT2D eigenvalue weighted by Gasteiger charge is 2.10. The normalized spacial score (nSPS) is 10.9. The van der Waals surface area contributed by atoms with Gasteiger partial charge in [0.05, 0.1) is 5.69 Å². The minimum Gasteiger partial charge on any atom is -0.312 e. The molecule has 1 aromatic heterocycles. The summed E-state index contributed by atoms with van der Waals surface area (Å²) in [5.41, 5.74) is 1.48. The van der Waals surface area contributed by atoms with Crippen molar-refractivity contribution in [3.05, 3.63) is 48.0 Å². The molecule has 0 aliphatic rings. The highest BCUT2D eigenvalue weighted by molar-refractivity contribution is 5.56. The van der Waals surface area contributed by atoms with Crippen LogP contribution in [-0.2, 0) is 6.54 Å². The first-order valence-electron chi connectivity index (χ1n) is 7.08. The number of benzene rings is 1. The molecule has 0 aliphatic heterocycles. The van der Waals surface area contributed by atoms with Crippen molar-refractivity contribution in [2.24, 2.45) is 5.92 Å². The summed E-state index contributed by atoms with van der Waals surface area (Å²) < 4.78 is 13.7. The molecule has 21 heavy (non-hydrogen) atoms. The molecule has 1 N–H and O–H groups in total. The number of aromatic nitrogens is 2. The molecule has 2 rings (SSSR count). The van der Waals surface area contributed by atoms with Crippen LogP contribution >= 0.6 is 0 Å². The van der Waals surface area contributed by atoms with Crippen LogP contribution in [-0.4, -0.2) is 23.6 Å². The number of anilines is 2. The van der Waals surface area contributed by atoms with Gasteiger partial charge in [0.1, 0.15) is 5.82 Å². The molecule has 5 heteroatoms. The van der Waals surface area contributed by atoms with E-state index in [1.807, 2.05) is 0 Å². The summed E-state index contributed by atoms with van der Waals surface area (Å²) in [4.78, 5) is 10.2. The number of nitrogens with zero attached hydrogens (tertiary/aromatic N) is 3. The predicted octanol–water partition coefficient (Wildman–Crippen LogP) is 3.13. The molecule has 112 valence electrons. The molecule has 0 atom stereocenters. The Hall–Kier alpha value is -2.01. The lowest BCUT2D eigenvalue weighted by Crippen LogP contribution is -2.20. The SMILES string of the molecule is CC(C)CNCc1cnc(N(C)c2ccccc2F)nc1. The maximum atomic E-state index is 13.7. The number of hydrogen-bond acceptors (Lipinski definition) is 4. The summed E-state index contributed by atoms with van der Waals surface area (Å²) >= 11 is 0. The van der Waals surface area contributed by atoms with Crippen molar-refractivity contribution in [3.8, 4) is 0 Å². The Morgan fingerprint density at radius 2 is 1.86 bits per heavy atom. The average Bonchev–Trinajstić information content (AvgIpc) is 2.47. The van der Waals surface area contributed by atoms with Gasteiger partial charge in [-0.25, -0.2) is 14.4 Å². The Labute approximate surface area is 125 Å². The summed E-state index contributed by atoms with van der Waals surface area (Å²) in [5.74, 6) is 0.802. The predicted molar refractivity (Wildman–Crippen MR) is 83.0 cm³/mol. The Kier molecular flexibility index (Phi) is 5.22. The van der Waals surface area contributed by atoms with E-state index < -0.39 is 0 Å². The van der Waals surface area contributed by atoms with Crippen LogP contribution in [0.25, 0.3) is 0 Å². The van der Waals surface area contributed by atoms with Gasteiger partial charge in [-0.05, 0) is 24.6 Å². The minimum absolute atomic E-state index is 0.286. The van der Waals surface area contributed by atoms with E-state index in [1.54, 1.807) is 42.5 Å². The van der Waals surface area contributed by atoms with Gasteiger partial charge in [-0.3, -0.25) is 0 Å². The molecule has 0 amide bonds. The zero-order valence-corrected chi connectivity index (χ0v) is 12.7. The molecule has 0 aliphatic carbocycles. The smallest absolute Gasteiger partial charge is 0.229 e. The molecule has 0 fully saturated rings. The van der Waals surface area contributed by atoms with Crippen LogP contribution in [0.1, 0.15) is 19.4 Å². The third kappa shape index (κ3) is 4.23. The Bertz CT molecular complexity index is 569. The maximum Gasteiger partial charge on any atom is 0.229 e. The third-order valence-corrected chi connectivity index (χ3v) is 3.09. The summed E-state index contributed by atoms with van der Waals surface area (Å²) in [6, 6.07) is 6.59. The first-order valence-corrected chi connectivity index (χ1v) is 7.08. The zero-order chi connectivity index (χ0) is 15.2. The molecule has 0 bridgehead atoms. The number of hydrogen-bond donors (Lipinski definition) is 1. The van der Waals surface area contributed by atoms with E-state index in [4.69, 9.17) is 0 Å². The van der Waals surface area contributed by atoms with Crippen molar-refractivity contribution in [1.29, 1.82) is 0 Å². The zero-order valence-electron chi connectivity index (χ0n) is 12.7. The molecule has 0 radical (unpaired) electrons. The Balaban J connectivity index is 2.03. The quantitative estimate of drug-likeness (QED) is 0.886. The Morgan fingerprint density at radius 3 is 2.48 bits per heavy atom. The molecule has 2 aromatic rings. The molecule has 0 saturated carbocycles. The molecule has 1 aromatic carbocycles.